The molecule has 0 radical (unpaired) electrons. The van der Waals surface area contributed by atoms with Gasteiger partial charge in [0.25, 0.3) is 10.0 Å². The molecule has 0 unspecified atom stereocenters. The molecule has 0 bridgehead atoms. The Hall–Kier alpha value is -1.60. The number of sulfonamides is 1. The zero-order valence-corrected chi connectivity index (χ0v) is 8.60. The van der Waals surface area contributed by atoms with Crippen molar-refractivity contribution < 1.29 is 23.5 Å². The van der Waals surface area contributed by atoms with Crippen LogP contribution < -0.4 is 0 Å². The Bertz CT molecular complexity index is 464. The minimum absolute atomic E-state index is 0.280. The molecule has 0 aromatic heterocycles. The van der Waals surface area contributed by atoms with Crippen molar-refractivity contribution in [2.75, 3.05) is 0 Å². The van der Waals surface area contributed by atoms with E-state index in [1.807, 2.05) is 0 Å². The van der Waals surface area contributed by atoms with Crippen LogP contribution in [0.15, 0.2) is 29.2 Å². The summed E-state index contributed by atoms with van der Waals surface area (Å²) in [6, 6.07) is 5.44. The van der Waals surface area contributed by atoms with E-state index >= 15 is 0 Å². The molecule has 0 atom stereocenters. The molecule has 15 heavy (non-hydrogen) atoms. The molecule has 0 aliphatic rings. The Balaban J connectivity index is 3.17. The van der Waals surface area contributed by atoms with Gasteiger partial charge < -0.3 is 5.11 Å². The molecule has 2 N–H and O–H groups in total. The number of rotatable bonds is 2. The van der Waals surface area contributed by atoms with Gasteiger partial charge in [0.15, 0.2) is 0 Å². The number of aryl methyl sites for hydroxylation is 1. The van der Waals surface area contributed by atoms with Crippen LogP contribution in [0.2, 0.25) is 0 Å². The van der Waals surface area contributed by atoms with E-state index in [0.717, 1.165) is 5.56 Å². The van der Waals surface area contributed by atoms with Crippen molar-refractivity contribution in [2.24, 2.45) is 0 Å². The van der Waals surface area contributed by atoms with E-state index in [2.05, 4.69) is 0 Å². The minimum Gasteiger partial charge on any atom is -0.463 e. The van der Waals surface area contributed by atoms with Crippen molar-refractivity contribution in [2.45, 2.75) is 11.8 Å². The summed E-state index contributed by atoms with van der Waals surface area (Å²) in [7, 11) is -4.37. The highest BCUT2D eigenvalue weighted by Gasteiger charge is 2.27. The number of hydrogen-bond acceptors (Lipinski definition) is 4. The monoisotopic (exact) mass is 231 g/mol. The quantitative estimate of drug-likeness (QED) is 0.586. The number of carbonyl (C=O) groups is 1. The maximum atomic E-state index is 11.4. The van der Waals surface area contributed by atoms with Gasteiger partial charge in [0.1, 0.15) is 0 Å². The third kappa shape index (κ3) is 2.25. The van der Waals surface area contributed by atoms with Gasteiger partial charge in [0, 0.05) is 0 Å². The van der Waals surface area contributed by atoms with Crippen LogP contribution in [0.4, 0.5) is 4.79 Å². The summed E-state index contributed by atoms with van der Waals surface area (Å²) >= 11 is 0. The first-order valence-corrected chi connectivity index (χ1v) is 5.33. The van der Waals surface area contributed by atoms with Gasteiger partial charge in [-0.1, -0.05) is 22.2 Å². The fourth-order valence-corrected chi connectivity index (χ4v) is 1.80. The summed E-state index contributed by atoms with van der Waals surface area (Å²) < 4.78 is 22.0. The van der Waals surface area contributed by atoms with Gasteiger partial charge in [0.05, 0.1) is 4.90 Å². The molecular formula is C8H9NO5S. The molecule has 6 nitrogen and oxygen atoms in total. The predicted octanol–water partition coefficient (Wildman–Crippen LogP) is 1.05. The molecule has 0 aliphatic heterocycles. The molecular weight excluding hydrogens is 222 g/mol. The topological polar surface area (TPSA) is 94.9 Å². The van der Waals surface area contributed by atoms with Crippen LogP contribution in [0, 0.1) is 6.92 Å². The molecule has 1 amide bonds. The number of nitrogens with zero attached hydrogens (tertiary/aromatic N) is 1. The van der Waals surface area contributed by atoms with Crippen LogP contribution in [0.3, 0.4) is 0 Å². The second-order valence-corrected chi connectivity index (χ2v) is 4.61. The van der Waals surface area contributed by atoms with Crippen molar-refractivity contribution in [3.63, 3.8) is 0 Å². The zero-order chi connectivity index (χ0) is 11.6. The lowest BCUT2D eigenvalue weighted by molar-refractivity contribution is 0.0142. The largest absolute Gasteiger partial charge is 0.463 e. The normalized spacial score (nSPS) is 11.1. The molecule has 1 aromatic rings. The summed E-state index contributed by atoms with van der Waals surface area (Å²) in [6.07, 6.45) is -1.95. The van der Waals surface area contributed by atoms with Gasteiger partial charge in [-0.05, 0) is 19.1 Å². The molecule has 0 heterocycles. The molecule has 0 fully saturated rings. The number of hydroxylamine groups is 1. The molecule has 7 heteroatoms. The zero-order valence-electron chi connectivity index (χ0n) is 7.78. The summed E-state index contributed by atoms with van der Waals surface area (Å²) in [5.74, 6) is 0. The van der Waals surface area contributed by atoms with Crippen molar-refractivity contribution >= 4 is 16.1 Å². The van der Waals surface area contributed by atoms with Gasteiger partial charge in [-0.15, -0.1) is 0 Å². The maximum Gasteiger partial charge on any atom is 0.446 e. The molecule has 1 rings (SSSR count). The lowest BCUT2D eigenvalue weighted by Crippen LogP contribution is -2.32. The van der Waals surface area contributed by atoms with Crippen LogP contribution in [-0.4, -0.2) is 29.3 Å². The first-order chi connectivity index (χ1) is 6.85. The van der Waals surface area contributed by atoms with Gasteiger partial charge in [0.2, 0.25) is 0 Å². The van der Waals surface area contributed by atoms with Gasteiger partial charge >= 0.3 is 6.09 Å². The Morgan fingerprint density at radius 1 is 1.27 bits per heavy atom. The summed E-state index contributed by atoms with van der Waals surface area (Å²) in [4.78, 5) is 10.0. The fourth-order valence-electron chi connectivity index (χ4n) is 0.913. The molecule has 0 spiro atoms. The second-order valence-electron chi connectivity index (χ2n) is 2.84. The number of amides is 1. The highest BCUT2D eigenvalue weighted by atomic mass is 32.2. The molecule has 0 aliphatic carbocycles. The van der Waals surface area contributed by atoms with Crippen molar-refractivity contribution in [1.82, 2.24) is 4.47 Å². The molecule has 1 aromatic carbocycles. The van der Waals surface area contributed by atoms with E-state index in [1.54, 1.807) is 6.92 Å². The maximum absolute atomic E-state index is 11.4. The first-order valence-electron chi connectivity index (χ1n) is 3.89. The number of benzene rings is 1. The number of carboxylic acid groups (broad SMARTS) is 1. The predicted molar refractivity (Wildman–Crippen MR) is 50.0 cm³/mol. The summed E-state index contributed by atoms with van der Waals surface area (Å²) in [5.41, 5.74) is 0.828. The van der Waals surface area contributed by atoms with Gasteiger partial charge in [-0.3, -0.25) is 5.21 Å². The highest BCUT2D eigenvalue weighted by Crippen LogP contribution is 2.14. The summed E-state index contributed by atoms with van der Waals surface area (Å²) in [6.45, 7) is 1.75. The molecule has 82 valence electrons. The van der Waals surface area contributed by atoms with E-state index in [9.17, 15) is 13.2 Å². The minimum atomic E-state index is -4.37. The van der Waals surface area contributed by atoms with Crippen LogP contribution in [0.25, 0.3) is 0 Å². The highest BCUT2D eigenvalue weighted by molar-refractivity contribution is 7.89. The van der Waals surface area contributed by atoms with Crippen LogP contribution in [0.5, 0.6) is 0 Å². The standard InChI is InChI=1S/C8H9NO5S/c1-6-2-4-7(5-3-6)15(13,14)9(12)8(10)11/h2-5,12H,1H3,(H,10,11). The average molecular weight is 231 g/mol. The lowest BCUT2D eigenvalue weighted by atomic mass is 10.2. The second kappa shape index (κ2) is 3.87. The average Bonchev–Trinajstić information content (AvgIpc) is 2.17. The molecule has 0 saturated carbocycles. The third-order valence-electron chi connectivity index (χ3n) is 1.71. The smallest absolute Gasteiger partial charge is 0.446 e. The Morgan fingerprint density at radius 2 is 1.73 bits per heavy atom. The summed E-state index contributed by atoms with van der Waals surface area (Å²) in [5, 5.41) is 17.2. The first kappa shape index (κ1) is 11.5. The van der Waals surface area contributed by atoms with E-state index < -0.39 is 20.6 Å². The van der Waals surface area contributed by atoms with E-state index in [1.165, 1.54) is 24.3 Å². The van der Waals surface area contributed by atoms with Gasteiger partial charge in [-0.25, -0.2) is 4.79 Å². The van der Waals surface area contributed by atoms with Crippen LogP contribution >= 0.6 is 0 Å². The van der Waals surface area contributed by atoms with Gasteiger partial charge in [-0.2, -0.15) is 8.42 Å². The van der Waals surface area contributed by atoms with E-state index in [0.29, 0.717) is 0 Å². The Morgan fingerprint density at radius 3 is 2.13 bits per heavy atom. The third-order valence-corrected chi connectivity index (χ3v) is 3.19. The molecule has 0 saturated heterocycles. The van der Waals surface area contributed by atoms with Crippen molar-refractivity contribution in [3.8, 4) is 0 Å². The van der Waals surface area contributed by atoms with Crippen LogP contribution in [-0.2, 0) is 10.0 Å². The number of hydrogen-bond donors (Lipinski definition) is 2. The van der Waals surface area contributed by atoms with Crippen molar-refractivity contribution in [3.05, 3.63) is 29.8 Å². The van der Waals surface area contributed by atoms with E-state index in [4.69, 9.17) is 10.3 Å². The SMILES string of the molecule is Cc1ccc(S(=O)(=O)N(O)C(=O)O)cc1. The fraction of sp³-hybridized carbons (Fsp3) is 0.125. The Labute approximate surface area is 86.4 Å². The Kier molecular flexibility index (Phi) is 2.96. The van der Waals surface area contributed by atoms with E-state index in [-0.39, 0.29) is 4.90 Å². The lowest BCUT2D eigenvalue weighted by Gasteiger charge is -2.11. The van der Waals surface area contributed by atoms with Crippen molar-refractivity contribution in [1.29, 1.82) is 0 Å². The van der Waals surface area contributed by atoms with Crippen LogP contribution in [0.1, 0.15) is 5.56 Å².